The van der Waals surface area contributed by atoms with Crippen LogP contribution in [0.5, 0.6) is 0 Å². The average Bonchev–Trinajstić information content (AvgIpc) is 2.39. The molecule has 1 fully saturated rings. The summed E-state index contributed by atoms with van der Waals surface area (Å²) >= 11 is 0. The maximum Gasteiger partial charge on any atom is 0.254 e. The van der Waals surface area contributed by atoms with Gasteiger partial charge in [-0.25, -0.2) is 0 Å². The second kappa shape index (κ2) is 5.33. The van der Waals surface area contributed by atoms with Crippen molar-refractivity contribution in [3.8, 4) is 0 Å². The Morgan fingerprint density at radius 1 is 1.26 bits per heavy atom. The van der Waals surface area contributed by atoms with E-state index in [-0.39, 0.29) is 11.4 Å². The molecule has 1 N–H and O–H groups in total. The number of likely N-dealkylation sites (tertiary alicyclic amines) is 1. The molecule has 1 aromatic rings. The number of carbonyl (C=O) groups is 1. The summed E-state index contributed by atoms with van der Waals surface area (Å²) in [5, 5.41) is 3.36. The van der Waals surface area contributed by atoms with Gasteiger partial charge in [-0.3, -0.25) is 4.79 Å². The van der Waals surface area contributed by atoms with E-state index < -0.39 is 0 Å². The van der Waals surface area contributed by atoms with Crippen molar-refractivity contribution < 1.29 is 4.79 Å². The third-order valence-electron chi connectivity index (χ3n) is 4.37. The Balaban J connectivity index is 2.09. The molecule has 0 aliphatic carbocycles. The molecule has 1 saturated heterocycles. The molecule has 0 unspecified atom stereocenters. The SMILES string of the molecule is CNC1(C)CCN(C(=O)c2ccc(C)cc2C)CC1. The number of benzene rings is 1. The maximum absolute atomic E-state index is 12.5. The van der Waals surface area contributed by atoms with E-state index in [1.165, 1.54) is 5.56 Å². The van der Waals surface area contributed by atoms with Crippen LogP contribution in [0.25, 0.3) is 0 Å². The normalized spacial score (nSPS) is 18.4. The number of nitrogens with zero attached hydrogens (tertiary/aromatic N) is 1. The smallest absolute Gasteiger partial charge is 0.254 e. The highest BCUT2D eigenvalue weighted by molar-refractivity contribution is 5.95. The lowest BCUT2D eigenvalue weighted by atomic mass is 9.89. The molecule has 0 bridgehead atoms. The molecule has 1 amide bonds. The van der Waals surface area contributed by atoms with E-state index in [4.69, 9.17) is 0 Å². The molecule has 0 spiro atoms. The van der Waals surface area contributed by atoms with Crippen LogP contribution in [0.2, 0.25) is 0 Å². The average molecular weight is 260 g/mol. The Morgan fingerprint density at radius 3 is 2.42 bits per heavy atom. The number of aryl methyl sites for hydroxylation is 2. The third kappa shape index (κ3) is 2.98. The zero-order chi connectivity index (χ0) is 14.0. The summed E-state index contributed by atoms with van der Waals surface area (Å²) in [4.78, 5) is 14.5. The van der Waals surface area contributed by atoms with Gasteiger partial charge in [-0.1, -0.05) is 17.7 Å². The van der Waals surface area contributed by atoms with Crippen molar-refractivity contribution in [2.45, 2.75) is 39.2 Å². The molecule has 2 rings (SSSR count). The van der Waals surface area contributed by atoms with Crippen molar-refractivity contribution in [2.75, 3.05) is 20.1 Å². The van der Waals surface area contributed by atoms with Gasteiger partial charge in [-0.2, -0.15) is 0 Å². The van der Waals surface area contributed by atoms with Gasteiger partial charge in [0.05, 0.1) is 0 Å². The lowest BCUT2D eigenvalue weighted by Gasteiger charge is -2.39. The fourth-order valence-electron chi connectivity index (χ4n) is 2.68. The minimum absolute atomic E-state index is 0.177. The second-order valence-corrected chi connectivity index (χ2v) is 5.92. The molecule has 0 saturated carbocycles. The van der Waals surface area contributed by atoms with Crippen LogP contribution in [0.15, 0.2) is 18.2 Å². The molecule has 1 aliphatic heterocycles. The molecule has 0 atom stereocenters. The van der Waals surface area contributed by atoms with Crippen molar-refractivity contribution in [3.05, 3.63) is 34.9 Å². The van der Waals surface area contributed by atoms with Gasteiger partial charge in [-0.05, 0) is 52.3 Å². The summed E-state index contributed by atoms with van der Waals surface area (Å²) in [7, 11) is 2.00. The van der Waals surface area contributed by atoms with Crippen LogP contribution in [-0.2, 0) is 0 Å². The molecule has 3 nitrogen and oxygen atoms in total. The molecule has 1 aliphatic rings. The molecule has 19 heavy (non-hydrogen) atoms. The summed E-state index contributed by atoms with van der Waals surface area (Å²) < 4.78 is 0. The van der Waals surface area contributed by atoms with Crippen LogP contribution in [0.3, 0.4) is 0 Å². The standard InChI is InChI=1S/C16H24N2O/c1-12-5-6-14(13(2)11-12)15(19)18-9-7-16(3,17-4)8-10-18/h5-6,11,17H,7-10H2,1-4H3. The predicted molar refractivity (Wildman–Crippen MR) is 78.5 cm³/mol. The van der Waals surface area contributed by atoms with Crippen molar-refractivity contribution in [2.24, 2.45) is 0 Å². The van der Waals surface area contributed by atoms with Crippen LogP contribution in [0.4, 0.5) is 0 Å². The van der Waals surface area contributed by atoms with Crippen LogP contribution >= 0.6 is 0 Å². The van der Waals surface area contributed by atoms with Crippen LogP contribution in [0.1, 0.15) is 41.3 Å². The Bertz CT molecular complexity index is 474. The van der Waals surface area contributed by atoms with E-state index in [2.05, 4.69) is 25.2 Å². The van der Waals surface area contributed by atoms with Crippen LogP contribution < -0.4 is 5.32 Å². The minimum atomic E-state index is 0.177. The number of amides is 1. The van der Waals surface area contributed by atoms with Crippen molar-refractivity contribution in [3.63, 3.8) is 0 Å². The molecule has 3 heteroatoms. The van der Waals surface area contributed by atoms with Gasteiger partial charge >= 0.3 is 0 Å². The van der Waals surface area contributed by atoms with E-state index in [0.29, 0.717) is 0 Å². The number of carbonyl (C=O) groups excluding carboxylic acids is 1. The van der Waals surface area contributed by atoms with Crippen molar-refractivity contribution >= 4 is 5.91 Å². The molecule has 0 aromatic heterocycles. The summed E-state index contributed by atoms with van der Waals surface area (Å²) in [6.07, 6.45) is 2.03. The topological polar surface area (TPSA) is 32.3 Å². The largest absolute Gasteiger partial charge is 0.339 e. The second-order valence-electron chi connectivity index (χ2n) is 5.92. The fraction of sp³-hybridized carbons (Fsp3) is 0.562. The number of hydrogen-bond donors (Lipinski definition) is 1. The van der Waals surface area contributed by atoms with Crippen molar-refractivity contribution in [1.29, 1.82) is 0 Å². The monoisotopic (exact) mass is 260 g/mol. The Hall–Kier alpha value is -1.35. The first-order valence-corrected chi connectivity index (χ1v) is 7.01. The summed E-state index contributed by atoms with van der Waals surface area (Å²) in [6, 6.07) is 6.05. The van der Waals surface area contributed by atoms with Gasteiger partial charge in [-0.15, -0.1) is 0 Å². The van der Waals surface area contributed by atoms with Gasteiger partial charge in [0.15, 0.2) is 0 Å². The minimum Gasteiger partial charge on any atom is -0.339 e. The molecular weight excluding hydrogens is 236 g/mol. The van der Waals surface area contributed by atoms with Gasteiger partial charge in [0.2, 0.25) is 0 Å². The summed E-state index contributed by atoms with van der Waals surface area (Å²) in [6.45, 7) is 7.97. The summed E-state index contributed by atoms with van der Waals surface area (Å²) in [5.74, 6) is 0.177. The fourth-order valence-corrected chi connectivity index (χ4v) is 2.68. The van der Waals surface area contributed by atoms with E-state index in [1.807, 2.05) is 31.0 Å². The molecule has 104 valence electrons. The van der Waals surface area contributed by atoms with Crippen molar-refractivity contribution in [1.82, 2.24) is 10.2 Å². The highest BCUT2D eigenvalue weighted by atomic mass is 16.2. The van der Waals surface area contributed by atoms with Gasteiger partial charge in [0.1, 0.15) is 0 Å². The van der Waals surface area contributed by atoms with Crippen LogP contribution in [0, 0.1) is 13.8 Å². The molecular formula is C16H24N2O. The Morgan fingerprint density at radius 2 is 1.89 bits per heavy atom. The first-order chi connectivity index (χ1) is 8.95. The molecule has 1 aromatic carbocycles. The number of piperidine rings is 1. The maximum atomic E-state index is 12.5. The van der Waals surface area contributed by atoms with Gasteiger partial charge in [0, 0.05) is 24.2 Å². The highest BCUT2D eigenvalue weighted by Gasteiger charge is 2.30. The van der Waals surface area contributed by atoms with E-state index in [0.717, 1.165) is 37.1 Å². The quantitative estimate of drug-likeness (QED) is 0.886. The number of hydrogen-bond acceptors (Lipinski definition) is 2. The Labute approximate surface area is 116 Å². The first-order valence-electron chi connectivity index (χ1n) is 7.01. The zero-order valence-electron chi connectivity index (χ0n) is 12.4. The molecule has 0 radical (unpaired) electrons. The number of rotatable bonds is 2. The van der Waals surface area contributed by atoms with Gasteiger partial charge < -0.3 is 10.2 Å². The lowest BCUT2D eigenvalue weighted by molar-refractivity contribution is 0.0661. The van der Waals surface area contributed by atoms with Gasteiger partial charge in [0.25, 0.3) is 5.91 Å². The first kappa shape index (κ1) is 14.1. The van der Waals surface area contributed by atoms with Crippen LogP contribution in [-0.4, -0.2) is 36.5 Å². The summed E-state index contributed by atoms with van der Waals surface area (Å²) in [5.41, 5.74) is 3.31. The lowest BCUT2D eigenvalue weighted by Crippen LogP contribution is -2.51. The van der Waals surface area contributed by atoms with E-state index >= 15 is 0 Å². The predicted octanol–water partition coefficient (Wildman–Crippen LogP) is 2.52. The third-order valence-corrected chi connectivity index (χ3v) is 4.37. The zero-order valence-corrected chi connectivity index (χ0v) is 12.4. The van der Waals surface area contributed by atoms with E-state index in [1.54, 1.807) is 0 Å². The Kier molecular flexibility index (Phi) is 3.95. The van der Waals surface area contributed by atoms with E-state index in [9.17, 15) is 4.79 Å². The molecule has 1 heterocycles. The highest BCUT2D eigenvalue weighted by Crippen LogP contribution is 2.23. The number of nitrogens with one attached hydrogen (secondary N) is 1.